The van der Waals surface area contributed by atoms with E-state index in [4.69, 9.17) is 4.99 Å². The van der Waals surface area contributed by atoms with Crippen molar-refractivity contribution < 1.29 is 9.18 Å². The first-order chi connectivity index (χ1) is 15.4. The van der Waals surface area contributed by atoms with Gasteiger partial charge in [0.15, 0.2) is 0 Å². The molecule has 0 fully saturated rings. The van der Waals surface area contributed by atoms with Gasteiger partial charge in [-0.05, 0) is 60.2 Å². The number of amides is 1. The van der Waals surface area contributed by atoms with Crippen molar-refractivity contribution in [2.24, 2.45) is 4.99 Å². The molecule has 0 atom stereocenters. The summed E-state index contributed by atoms with van der Waals surface area (Å²) in [5.41, 5.74) is 5.83. The van der Waals surface area contributed by atoms with Crippen molar-refractivity contribution in [1.82, 2.24) is 9.78 Å². The first kappa shape index (κ1) is 19.9. The van der Waals surface area contributed by atoms with Crippen LogP contribution in [0.5, 0.6) is 0 Å². The Labute approximate surface area is 185 Å². The molecule has 5 rings (SSSR count). The summed E-state index contributed by atoms with van der Waals surface area (Å²) in [6, 6.07) is 21.0. The highest BCUT2D eigenvalue weighted by Gasteiger charge is 2.36. The van der Waals surface area contributed by atoms with Crippen molar-refractivity contribution in [2.45, 2.75) is 19.3 Å². The van der Waals surface area contributed by atoms with Crippen LogP contribution in [0.1, 0.15) is 35.3 Å². The SMILES string of the molecule is CC1(C)C(c2cnn(-c3ccc(C(=O)Nc4ccc(F)cc4)cc3)c2)=Nc2ccccc21. The lowest BCUT2D eigenvalue weighted by molar-refractivity contribution is 0.102. The number of aliphatic imine (C=N–C) groups is 1. The zero-order chi connectivity index (χ0) is 22.3. The number of halogens is 1. The summed E-state index contributed by atoms with van der Waals surface area (Å²) >= 11 is 0. The quantitative estimate of drug-likeness (QED) is 0.458. The van der Waals surface area contributed by atoms with E-state index in [0.29, 0.717) is 11.3 Å². The number of carbonyl (C=O) groups is 1. The minimum atomic E-state index is -0.346. The standard InChI is InChI=1S/C26H21FN4O/c1-26(2)22-5-3-4-6-23(22)30-24(26)18-15-28-31(16-18)21-13-7-17(8-14-21)25(32)29-20-11-9-19(27)10-12-20/h3-16H,1-2H3,(H,29,32). The van der Waals surface area contributed by atoms with Gasteiger partial charge in [0.05, 0.1) is 23.3 Å². The third-order valence-electron chi connectivity index (χ3n) is 5.75. The highest BCUT2D eigenvalue weighted by atomic mass is 19.1. The summed E-state index contributed by atoms with van der Waals surface area (Å²) in [4.78, 5) is 17.3. The van der Waals surface area contributed by atoms with Gasteiger partial charge < -0.3 is 5.32 Å². The molecule has 0 radical (unpaired) electrons. The molecule has 1 aliphatic heterocycles. The van der Waals surface area contributed by atoms with Gasteiger partial charge in [-0.3, -0.25) is 9.79 Å². The van der Waals surface area contributed by atoms with Gasteiger partial charge in [0.1, 0.15) is 5.82 Å². The van der Waals surface area contributed by atoms with Gasteiger partial charge in [0.2, 0.25) is 0 Å². The number of hydrogen-bond donors (Lipinski definition) is 1. The van der Waals surface area contributed by atoms with Gasteiger partial charge in [0.25, 0.3) is 5.91 Å². The summed E-state index contributed by atoms with van der Waals surface area (Å²) in [5, 5.41) is 7.27. The smallest absolute Gasteiger partial charge is 0.255 e. The lowest BCUT2D eigenvalue weighted by Crippen LogP contribution is -2.26. The number of nitrogens with one attached hydrogen (secondary N) is 1. The molecule has 32 heavy (non-hydrogen) atoms. The molecule has 0 unspecified atom stereocenters. The zero-order valence-corrected chi connectivity index (χ0v) is 17.7. The van der Waals surface area contributed by atoms with Crippen molar-refractivity contribution in [2.75, 3.05) is 5.32 Å². The van der Waals surface area contributed by atoms with Crippen molar-refractivity contribution >= 4 is 23.0 Å². The second kappa shape index (κ2) is 7.57. The maximum atomic E-state index is 13.0. The number of nitrogens with zero attached hydrogens (tertiary/aromatic N) is 3. The Morgan fingerprint density at radius 3 is 2.41 bits per heavy atom. The van der Waals surface area contributed by atoms with Crippen LogP contribution in [0.2, 0.25) is 0 Å². The van der Waals surface area contributed by atoms with E-state index in [9.17, 15) is 9.18 Å². The van der Waals surface area contributed by atoms with E-state index in [0.717, 1.165) is 22.6 Å². The fourth-order valence-electron chi connectivity index (χ4n) is 4.00. The number of hydrogen-bond acceptors (Lipinski definition) is 3. The Bertz CT molecular complexity index is 1340. The predicted octanol–water partition coefficient (Wildman–Crippen LogP) is 5.68. The van der Waals surface area contributed by atoms with Crippen molar-refractivity contribution in [3.8, 4) is 5.69 Å². The molecule has 3 aromatic carbocycles. The van der Waals surface area contributed by atoms with Crippen LogP contribution in [-0.4, -0.2) is 21.4 Å². The van der Waals surface area contributed by atoms with Crippen molar-refractivity contribution in [3.05, 3.63) is 108 Å². The van der Waals surface area contributed by atoms with Gasteiger partial charge in [-0.1, -0.05) is 32.0 Å². The van der Waals surface area contributed by atoms with E-state index in [1.54, 1.807) is 16.8 Å². The Hall–Kier alpha value is -4.06. The van der Waals surface area contributed by atoms with Gasteiger partial charge >= 0.3 is 0 Å². The number of anilines is 1. The fraction of sp³-hybridized carbons (Fsp3) is 0.115. The molecule has 0 saturated carbocycles. The average Bonchev–Trinajstić information content (AvgIpc) is 3.38. The average molecular weight is 424 g/mol. The van der Waals surface area contributed by atoms with Crippen LogP contribution in [0.4, 0.5) is 15.8 Å². The van der Waals surface area contributed by atoms with Crippen LogP contribution in [0, 0.1) is 5.82 Å². The van der Waals surface area contributed by atoms with E-state index in [1.165, 1.54) is 29.8 Å². The van der Waals surface area contributed by atoms with Crippen LogP contribution < -0.4 is 5.32 Å². The monoisotopic (exact) mass is 424 g/mol. The largest absolute Gasteiger partial charge is 0.322 e. The number of para-hydroxylation sites is 1. The molecule has 1 N–H and O–H groups in total. The first-order valence-corrected chi connectivity index (χ1v) is 10.3. The Balaban J connectivity index is 1.35. The molecule has 4 aromatic rings. The van der Waals surface area contributed by atoms with Gasteiger partial charge in [0, 0.05) is 28.4 Å². The molecule has 6 heteroatoms. The van der Waals surface area contributed by atoms with E-state index in [1.807, 2.05) is 42.7 Å². The van der Waals surface area contributed by atoms with E-state index in [2.05, 4.69) is 30.3 Å². The second-order valence-corrected chi connectivity index (χ2v) is 8.28. The van der Waals surface area contributed by atoms with Crippen LogP contribution in [-0.2, 0) is 5.41 Å². The number of benzene rings is 3. The normalized spacial score (nSPS) is 14.0. The lowest BCUT2D eigenvalue weighted by atomic mass is 9.80. The van der Waals surface area contributed by atoms with Gasteiger partial charge in [-0.2, -0.15) is 5.10 Å². The molecule has 5 nitrogen and oxygen atoms in total. The molecule has 0 bridgehead atoms. The highest BCUT2D eigenvalue weighted by Crippen LogP contribution is 2.41. The fourth-order valence-corrected chi connectivity index (χ4v) is 4.00. The number of fused-ring (bicyclic) bond motifs is 1. The lowest BCUT2D eigenvalue weighted by Gasteiger charge is -2.21. The van der Waals surface area contributed by atoms with Crippen LogP contribution in [0.3, 0.4) is 0 Å². The molecule has 0 saturated heterocycles. The molecule has 1 aromatic heterocycles. The molecule has 0 spiro atoms. The van der Waals surface area contributed by atoms with E-state index in [-0.39, 0.29) is 17.1 Å². The summed E-state index contributed by atoms with van der Waals surface area (Å²) in [5.74, 6) is -0.606. The zero-order valence-electron chi connectivity index (χ0n) is 17.7. The van der Waals surface area contributed by atoms with Crippen molar-refractivity contribution in [1.29, 1.82) is 0 Å². The number of rotatable bonds is 4. The molecular weight excluding hydrogens is 403 g/mol. The molecule has 0 aliphatic carbocycles. The predicted molar refractivity (Wildman–Crippen MR) is 124 cm³/mol. The topological polar surface area (TPSA) is 59.3 Å². The first-order valence-electron chi connectivity index (χ1n) is 10.3. The molecule has 158 valence electrons. The molecular formula is C26H21FN4O. The highest BCUT2D eigenvalue weighted by molar-refractivity contribution is 6.12. The Morgan fingerprint density at radius 1 is 0.969 bits per heavy atom. The minimum Gasteiger partial charge on any atom is -0.322 e. The van der Waals surface area contributed by atoms with Crippen LogP contribution >= 0.6 is 0 Å². The maximum Gasteiger partial charge on any atom is 0.255 e. The second-order valence-electron chi connectivity index (χ2n) is 8.28. The van der Waals surface area contributed by atoms with E-state index < -0.39 is 0 Å². The van der Waals surface area contributed by atoms with Gasteiger partial charge in [-0.15, -0.1) is 0 Å². The summed E-state index contributed by atoms with van der Waals surface area (Å²) in [6.07, 6.45) is 3.78. The van der Waals surface area contributed by atoms with Gasteiger partial charge in [-0.25, -0.2) is 9.07 Å². The minimum absolute atomic E-state index is 0.202. The van der Waals surface area contributed by atoms with Crippen molar-refractivity contribution in [3.63, 3.8) is 0 Å². The maximum absolute atomic E-state index is 13.0. The summed E-state index contributed by atoms with van der Waals surface area (Å²) in [7, 11) is 0. The third-order valence-corrected chi connectivity index (χ3v) is 5.75. The molecule has 1 amide bonds. The Morgan fingerprint density at radius 2 is 1.69 bits per heavy atom. The summed E-state index contributed by atoms with van der Waals surface area (Å²) < 4.78 is 14.8. The molecule has 1 aliphatic rings. The number of carbonyl (C=O) groups excluding carboxylic acids is 1. The summed E-state index contributed by atoms with van der Waals surface area (Å²) in [6.45, 7) is 4.34. The Kier molecular flexibility index (Phi) is 4.70. The molecule has 2 heterocycles. The third kappa shape index (κ3) is 3.50. The van der Waals surface area contributed by atoms with Crippen LogP contribution in [0.25, 0.3) is 5.69 Å². The number of aromatic nitrogens is 2. The van der Waals surface area contributed by atoms with Crippen LogP contribution in [0.15, 0.2) is 90.2 Å². The van der Waals surface area contributed by atoms with E-state index >= 15 is 0 Å².